The molecule has 0 fully saturated rings. The quantitative estimate of drug-likeness (QED) is 0.719. The fraction of sp³-hybridized carbons (Fsp3) is 0.400. The fourth-order valence-corrected chi connectivity index (χ4v) is 4.79. The first kappa shape index (κ1) is 18.1. The molecule has 8 heteroatoms. The van der Waals surface area contributed by atoms with Gasteiger partial charge >= 0.3 is 0 Å². The van der Waals surface area contributed by atoms with E-state index in [1.54, 1.807) is 18.9 Å². The number of nitrogens with zero attached hydrogens (tertiary/aromatic N) is 2. The van der Waals surface area contributed by atoms with Gasteiger partial charge in [-0.15, -0.1) is 10.2 Å². The van der Waals surface area contributed by atoms with E-state index in [-0.39, 0.29) is 11.2 Å². The van der Waals surface area contributed by atoms with Crippen molar-refractivity contribution in [3.8, 4) is 5.75 Å². The molecule has 5 nitrogen and oxygen atoms in total. The zero-order chi connectivity index (χ0) is 16.7. The third-order valence-electron chi connectivity index (χ3n) is 2.93. The number of hydrogen-bond donors (Lipinski definition) is 1. The highest BCUT2D eigenvalue weighted by Gasteiger charge is 2.17. The minimum absolute atomic E-state index is 0.00860. The van der Waals surface area contributed by atoms with Crippen LogP contribution in [-0.4, -0.2) is 34.2 Å². The van der Waals surface area contributed by atoms with Gasteiger partial charge in [-0.05, 0) is 30.4 Å². The minimum Gasteiger partial charge on any atom is -0.497 e. The molecule has 1 atom stereocenters. The van der Waals surface area contributed by atoms with Crippen LogP contribution in [0.3, 0.4) is 0 Å². The molecule has 1 amide bonds. The summed E-state index contributed by atoms with van der Waals surface area (Å²) in [6, 6.07) is 7.65. The Morgan fingerprint density at radius 2 is 2.00 bits per heavy atom. The van der Waals surface area contributed by atoms with Crippen LogP contribution in [0.15, 0.2) is 32.9 Å². The largest absolute Gasteiger partial charge is 0.497 e. The zero-order valence-electron chi connectivity index (χ0n) is 13.2. The van der Waals surface area contributed by atoms with Gasteiger partial charge in [0.05, 0.1) is 12.4 Å². The highest BCUT2D eigenvalue weighted by Crippen LogP contribution is 2.31. The zero-order valence-corrected chi connectivity index (χ0v) is 15.7. The van der Waals surface area contributed by atoms with Crippen LogP contribution in [0.1, 0.15) is 19.4 Å². The van der Waals surface area contributed by atoms with Crippen molar-refractivity contribution in [2.24, 2.45) is 0 Å². The standard InChI is InChI=1S/C15H19N3O2S3/c1-4-21-14-17-18-15(23-14)22-10(2)13(19)16-9-11-5-7-12(20-3)8-6-11/h5-8,10H,4,9H2,1-3H3,(H,16,19)/t10-/m1/s1. The predicted octanol–water partition coefficient (Wildman–Crippen LogP) is 3.46. The van der Waals surface area contributed by atoms with Crippen molar-refractivity contribution in [1.29, 1.82) is 0 Å². The molecule has 1 aromatic carbocycles. The van der Waals surface area contributed by atoms with Crippen LogP contribution in [0, 0.1) is 0 Å². The molecule has 0 saturated heterocycles. The van der Waals surface area contributed by atoms with Gasteiger partial charge in [0.1, 0.15) is 5.75 Å². The van der Waals surface area contributed by atoms with Crippen LogP contribution in [0.2, 0.25) is 0 Å². The Kier molecular flexibility index (Phi) is 7.19. The van der Waals surface area contributed by atoms with Gasteiger partial charge in [0.15, 0.2) is 8.68 Å². The molecule has 0 aliphatic carbocycles. The van der Waals surface area contributed by atoms with Crippen molar-refractivity contribution in [3.63, 3.8) is 0 Å². The molecule has 0 aliphatic rings. The molecule has 2 aromatic rings. The van der Waals surface area contributed by atoms with Gasteiger partial charge in [-0.3, -0.25) is 4.79 Å². The Morgan fingerprint density at radius 3 is 2.65 bits per heavy atom. The smallest absolute Gasteiger partial charge is 0.233 e. The molecule has 0 spiro atoms. The molecule has 1 heterocycles. The summed E-state index contributed by atoms with van der Waals surface area (Å²) >= 11 is 4.63. The van der Waals surface area contributed by atoms with E-state index in [9.17, 15) is 4.79 Å². The lowest BCUT2D eigenvalue weighted by atomic mass is 10.2. The van der Waals surface area contributed by atoms with Crippen molar-refractivity contribution in [1.82, 2.24) is 15.5 Å². The Balaban J connectivity index is 1.81. The third-order valence-corrected chi connectivity index (χ3v) is 6.05. The second-order valence-electron chi connectivity index (χ2n) is 4.59. The van der Waals surface area contributed by atoms with Crippen molar-refractivity contribution in [3.05, 3.63) is 29.8 Å². The van der Waals surface area contributed by atoms with Crippen LogP contribution in [0.4, 0.5) is 0 Å². The van der Waals surface area contributed by atoms with Crippen molar-refractivity contribution < 1.29 is 9.53 Å². The molecule has 0 saturated carbocycles. The maximum atomic E-state index is 12.2. The molecule has 124 valence electrons. The van der Waals surface area contributed by atoms with Gasteiger partial charge in [0.2, 0.25) is 5.91 Å². The summed E-state index contributed by atoms with van der Waals surface area (Å²) in [7, 11) is 1.63. The lowest BCUT2D eigenvalue weighted by Crippen LogP contribution is -2.30. The van der Waals surface area contributed by atoms with Crippen LogP contribution in [0.5, 0.6) is 5.75 Å². The van der Waals surface area contributed by atoms with Crippen LogP contribution >= 0.6 is 34.9 Å². The van der Waals surface area contributed by atoms with E-state index in [1.807, 2.05) is 31.2 Å². The summed E-state index contributed by atoms with van der Waals surface area (Å²) in [4.78, 5) is 12.2. The van der Waals surface area contributed by atoms with Crippen molar-refractivity contribution in [2.75, 3.05) is 12.9 Å². The predicted molar refractivity (Wildman–Crippen MR) is 96.5 cm³/mol. The van der Waals surface area contributed by atoms with Gasteiger partial charge in [-0.25, -0.2) is 0 Å². The highest BCUT2D eigenvalue weighted by molar-refractivity contribution is 8.03. The number of ether oxygens (including phenoxy) is 1. The van der Waals surface area contributed by atoms with Gasteiger partial charge in [-0.1, -0.05) is 53.9 Å². The van der Waals surface area contributed by atoms with E-state index in [1.165, 1.54) is 23.1 Å². The number of carbonyl (C=O) groups excluding carboxylic acids is 1. The number of nitrogens with one attached hydrogen (secondary N) is 1. The average molecular weight is 370 g/mol. The van der Waals surface area contributed by atoms with E-state index in [0.717, 1.165) is 25.7 Å². The summed E-state index contributed by atoms with van der Waals surface area (Å²) in [5.41, 5.74) is 1.04. The highest BCUT2D eigenvalue weighted by atomic mass is 32.2. The minimum atomic E-state index is -0.208. The second-order valence-corrected chi connectivity index (χ2v) is 8.67. The van der Waals surface area contributed by atoms with Crippen LogP contribution in [0.25, 0.3) is 0 Å². The fourth-order valence-electron chi connectivity index (χ4n) is 1.71. The van der Waals surface area contributed by atoms with Crippen LogP contribution in [-0.2, 0) is 11.3 Å². The summed E-state index contributed by atoms with van der Waals surface area (Å²) in [5.74, 6) is 1.77. The third kappa shape index (κ3) is 5.71. The monoisotopic (exact) mass is 369 g/mol. The molecule has 2 rings (SSSR count). The molecule has 23 heavy (non-hydrogen) atoms. The Hall–Kier alpha value is -1.25. The molecule has 0 radical (unpaired) electrons. The maximum Gasteiger partial charge on any atom is 0.233 e. The van der Waals surface area contributed by atoms with Gasteiger partial charge < -0.3 is 10.1 Å². The number of carbonyl (C=O) groups is 1. The number of thioether (sulfide) groups is 2. The molecular formula is C15H19N3O2S3. The first-order valence-electron chi connectivity index (χ1n) is 7.16. The number of hydrogen-bond acceptors (Lipinski definition) is 7. The Bertz CT molecular complexity index is 631. The maximum absolute atomic E-state index is 12.2. The first-order chi connectivity index (χ1) is 11.1. The van der Waals surface area contributed by atoms with E-state index < -0.39 is 0 Å². The van der Waals surface area contributed by atoms with Crippen molar-refractivity contribution in [2.45, 2.75) is 34.3 Å². The lowest BCUT2D eigenvalue weighted by Gasteiger charge is -2.10. The van der Waals surface area contributed by atoms with E-state index in [2.05, 4.69) is 22.4 Å². The molecule has 0 unspecified atom stereocenters. The second kappa shape index (κ2) is 9.14. The summed E-state index contributed by atoms with van der Waals surface area (Å²) in [6.07, 6.45) is 0. The van der Waals surface area contributed by atoms with E-state index in [4.69, 9.17) is 4.74 Å². The summed E-state index contributed by atoms with van der Waals surface area (Å²) in [5, 5.41) is 10.9. The average Bonchev–Trinajstić information content (AvgIpc) is 3.00. The van der Waals surface area contributed by atoms with Crippen molar-refractivity contribution >= 4 is 40.8 Å². The molecule has 1 aromatic heterocycles. The molecule has 0 bridgehead atoms. The van der Waals surface area contributed by atoms with Gasteiger partial charge in [0, 0.05) is 6.54 Å². The summed E-state index contributed by atoms with van der Waals surface area (Å²) < 4.78 is 6.89. The summed E-state index contributed by atoms with van der Waals surface area (Å²) in [6.45, 7) is 4.46. The van der Waals surface area contributed by atoms with E-state index >= 15 is 0 Å². The van der Waals surface area contributed by atoms with Crippen LogP contribution < -0.4 is 10.1 Å². The lowest BCUT2D eigenvalue weighted by molar-refractivity contribution is -0.120. The number of benzene rings is 1. The number of methoxy groups -OCH3 is 1. The molecule has 1 N–H and O–H groups in total. The number of amides is 1. The number of aromatic nitrogens is 2. The normalized spacial score (nSPS) is 12.0. The van der Waals surface area contributed by atoms with E-state index in [0.29, 0.717) is 6.54 Å². The number of rotatable bonds is 8. The topological polar surface area (TPSA) is 64.1 Å². The van der Waals surface area contributed by atoms with Gasteiger partial charge in [-0.2, -0.15) is 0 Å². The molecule has 0 aliphatic heterocycles. The van der Waals surface area contributed by atoms with Gasteiger partial charge in [0.25, 0.3) is 0 Å². The Morgan fingerprint density at radius 1 is 1.30 bits per heavy atom. The Labute approximate surface area is 148 Å². The SMILES string of the molecule is CCSc1nnc(S[C@H](C)C(=O)NCc2ccc(OC)cc2)s1. The first-order valence-corrected chi connectivity index (χ1v) is 9.84. The molecular weight excluding hydrogens is 350 g/mol.